The van der Waals surface area contributed by atoms with Gasteiger partial charge in [-0.05, 0) is 74.4 Å². The maximum atomic E-state index is 12.9. The lowest BCUT2D eigenvalue weighted by atomic mass is 9.58. The van der Waals surface area contributed by atoms with E-state index in [9.17, 15) is 4.79 Å². The minimum atomic E-state index is -0.367. The zero-order valence-electron chi connectivity index (χ0n) is 21.0. The Balaban J connectivity index is 1.15. The molecule has 0 radical (unpaired) electrons. The number of hydrogen-bond donors (Lipinski definition) is 1. The van der Waals surface area contributed by atoms with E-state index in [0.29, 0.717) is 17.8 Å². The van der Waals surface area contributed by atoms with Crippen LogP contribution in [0.15, 0.2) is 48.5 Å². The molecule has 1 saturated carbocycles. The van der Waals surface area contributed by atoms with Crippen molar-refractivity contribution in [1.82, 2.24) is 14.9 Å². The van der Waals surface area contributed by atoms with E-state index >= 15 is 0 Å². The van der Waals surface area contributed by atoms with Crippen LogP contribution < -0.4 is 0 Å². The van der Waals surface area contributed by atoms with Crippen molar-refractivity contribution in [2.24, 2.45) is 5.92 Å². The van der Waals surface area contributed by atoms with Gasteiger partial charge >= 0.3 is 5.97 Å². The standard InChI is InChI=1S/C30H37N3O2/c1-20(2)29(34)35-30(19-22-11-12-25(30)24-8-4-3-7-23(22)24)15-18-33-16-13-21(14-17-33)28-31-26-9-5-6-10-27(26)32-28/h3-10,20-22,25H,11-19H2,1-2H3,(H,31,32)/t22-,25+,30-/m0/s1. The number of likely N-dealkylation sites (tertiary alicyclic amines) is 1. The number of fused-ring (bicyclic) bond motifs is 3. The van der Waals surface area contributed by atoms with Crippen LogP contribution >= 0.6 is 0 Å². The molecule has 2 bridgehead atoms. The lowest BCUT2D eigenvalue weighted by molar-refractivity contribution is -0.174. The Morgan fingerprint density at radius 3 is 2.54 bits per heavy atom. The van der Waals surface area contributed by atoms with E-state index in [0.717, 1.165) is 68.6 Å². The zero-order chi connectivity index (χ0) is 24.0. The molecular weight excluding hydrogens is 434 g/mol. The van der Waals surface area contributed by atoms with Crippen molar-refractivity contribution in [3.63, 3.8) is 0 Å². The average molecular weight is 472 g/mol. The Labute approximate surface area is 208 Å². The molecule has 3 atom stereocenters. The van der Waals surface area contributed by atoms with E-state index in [1.165, 1.54) is 17.5 Å². The number of nitrogens with zero attached hydrogens (tertiary/aromatic N) is 2. The second-order valence-electron chi connectivity index (χ2n) is 11.3. The summed E-state index contributed by atoms with van der Waals surface area (Å²) in [6.45, 7) is 7.03. The van der Waals surface area contributed by atoms with E-state index in [-0.39, 0.29) is 17.5 Å². The van der Waals surface area contributed by atoms with Gasteiger partial charge < -0.3 is 14.6 Å². The summed E-state index contributed by atoms with van der Waals surface area (Å²) in [5, 5.41) is 0. The first kappa shape index (κ1) is 22.8. The molecule has 4 aliphatic rings. The Kier molecular flexibility index (Phi) is 5.92. The third-order valence-electron chi connectivity index (χ3n) is 8.85. The van der Waals surface area contributed by atoms with E-state index in [4.69, 9.17) is 9.72 Å². The van der Waals surface area contributed by atoms with Crippen LogP contribution in [0.3, 0.4) is 0 Å². The Hall–Kier alpha value is -2.66. The van der Waals surface area contributed by atoms with Crippen molar-refractivity contribution in [1.29, 1.82) is 0 Å². The Bertz CT molecular complexity index is 1180. The van der Waals surface area contributed by atoms with Crippen LogP contribution in [0.4, 0.5) is 0 Å². The highest BCUT2D eigenvalue weighted by Gasteiger charge is 2.52. The number of hydrogen-bond acceptors (Lipinski definition) is 4. The molecule has 0 amide bonds. The van der Waals surface area contributed by atoms with Crippen LogP contribution in [0, 0.1) is 5.92 Å². The highest BCUT2D eigenvalue weighted by molar-refractivity contribution is 5.75. The third-order valence-corrected chi connectivity index (χ3v) is 8.85. The summed E-state index contributed by atoms with van der Waals surface area (Å²) in [6.07, 6.45) is 6.48. The van der Waals surface area contributed by atoms with Crippen LogP contribution in [-0.2, 0) is 9.53 Å². The normalized spacial score (nSPS) is 26.8. The average Bonchev–Trinajstić information content (AvgIpc) is 3.33. The molecule has 2 aromatic carbocycles. The van der Waals surface area contributed by atoms with Gasteiger partial charge in [0.2, 0.25) is 0 Å². The van der Waals surface area contributed by atoms with Gasteiger partial charge in [0.05, 0.1) is 17.0 Å². The minimum Gasteiger partial charge on any atom is -0.458 e. The number of rotatable bonds is 6. The van der Waals surface area contributed by atoms with Gasteiger partial charge in [-0.15, -0.1) is 0 Å². The van der Waals surface area contributed by atoms with Crippen molar-refractivity contribution in [3.8, 4) is 0 Å². The molecule has 1 N–H and O–H groups in total. The Morgan fingerprint density at radius 1 is 1.03 bits per heavy atom. The van der Waals surface area contributed by atoms with Gasteiger partial charge in [0, 0.05) is 24.8 Å². The monoisotopic (exact) mass is 471 g/mol. The van der Waals surface area contributed by atoms with E-state index < -0.39 is 0 Å². The van der Waals surface area contributed by atoms with Crippen LogP contribution in [-0.4, -0.2) is 46.1 Å². The van der Waals surface area contributed by atoms with Crippen LogP contribution in [0.1, 0.15) is 87.1 Å². The molecule has 3 aliphatic carbocycles. The summed E-state index contributed by atoms with van der Waals surface area (Å²) in [6, 6.07) is 17.2. The van der Waals surface area contributed by atoms with Crippen LogP contribution in [0.25, 0.3) is 11.0 Å². The topological polar surface area (TPSA) is 58.2 Å². The molecule has 7 rings (SSSR count). The first-order valence-electron chi connectivity index (χ1n) is 13.5. The first-order valence-corrected chi connectivity index (χ1v) is 13.5. The third kappa shape index (κ3) is 4.18. The molecule has 5 nitrogen and oxygen atoms in total. The number of benzene rings is 2. The lowest BCUT2D eigenvalue weighted by Crippen LogP contribution is -2.51. The second kappa shape index (κ2) is 9.09. The van der Waals surface area contributed by atoms with E-state index in [1.54, 1.807) is 0 Å². The van der Waals surface area contributed by atoms with Gasteiger partial charge in [0.1, 0.15) is 11.4 Å². The molecule has 2 heterocycles. The van der Waals surface area contributed by atoms with Gasteiger partial charge in [-0.3, -0.25) is 4.79 Å². The maximum Gasteiger partial charge on any atom is 0.308 e. The Morgan fingerprint density at radius 2 is 1.77 bits per heavy atom. The molecule has 2 fully saturated rings. The number of esters is 1. The van der Waals surface area contributed by atoms with Crippen molar-refractivity contribution >= 4 is 17.0 Å². The smallest absolute Gasteiger partial charge is 0.308 e. The minimum absolute atomic E-state index is 0.0429. The molecule has 1 saturated heterocycles. The summed E-state index contributed by atoms with van der Waals surface area (Å²) in [4.78, 5) is 23.9. The molecule has 35 heavy (non-hydrogen) atoms. The number of H-pyrrole nitrogens is 1. The van der Waals surface area contributed by atoms with Crippen molar-refractivity contribution in [2.75, 3.05) is 19.6 Å². The number of aromatic nitrogens is 2. The second-order valence-corrected chi connectivity index (χ2v) is 11.3. The van der Waals surface area contributed by atoms with Crippen molar-refractivity contribution < 1.29 is 9.53 Å². The fourth-order valence-electron chi connectivity index (χ4n) is 6.90. The molecule has 0 unspecified atom stereocenters. The molecule has 0 spiro atoms. The molecule has 184 valence electrons. The number of para-hydroxylation sites is 2. The molecule has 5 heteroatoms. The van der Waals surface area contributed by atoms with Crippen molar-refractivity contribution in [3.05, 3.63) is 65.5 Å². The van der Waals surface area contributed by atoms with Gasteiger partial charge in [-0.2, -0.15) is 0 Å². The van der Waals surface area contributed by atoms with Gasteiger partial charge in [-0.25, -0.2) is 4.98 Å². The van der Waals surface area contributed by atoms with Gasteiger partial charge in [0.25, 0.3) is 0 Å². The fraction of sp³-hybridized carbons (Fsp3) is 0.533. The predicted molar refractivity (Wildman–Crippen MR) is 139 cm³/mol. The SMILES string of the molecule is CC(C)C(=O)O[C@@]1(CCN2CCC(c3nc4ccccc4[nH]3)CC2)C[C@@H]2CC[C@@H]1c1ccccc12. The summed E-state index contributed by atoms with van der Waals surface area (Å²) < 4.78 is 6.47. The quantitative estimate of drug-likeness (QED) is 0.439. The summed E-state index contributed by atoms with van der Waals surface area (Å²) in [7, 11) is 0. The van der Waals surface area contributed by atoms with Crippen LogP contribution in [0.5, 0.6) is 0 Å². The highest BCUT2D eigenvalue weighted by atomic mass is 16.6. The predicted octanol–water partition coefficient (Wildman–Crippen LogP) is 6.14. The zero-order valence-corrected chi connectivity index (χ0v) is 21.0. The molecule has 3 aromatic rings. The summed E-state index contributed by atoms with van der Waals surface area (Å²) in [5.41, 5.74) is 4.74. The van der Waals surface area contributed by atoms with Crippen molar-refractivity contribution in [2.45, 2.75) is 75.7 Å². The number of aromatic amines is 1. The van der Waals surface area contributed by atoms with E-state index in [1.807, 2.05) is 19.9 Å². The number of carbonyl (C=O) groups is 1. The summed E-state index contributed by atoms with van der Waals surface area (Å²) in [5.74, 6) is 2.31. The number of piperidine rings is 1. The highest BCUT2D eigenvalue weighted by Crippen LogP contribution is 2.57. The van der Waals surface area contributed by atoms with Crippen LogP contribution in [0.2, 0.25) is 0 Å². The molecular formula is C30H37N3O2. The molecule has 1 aromatic heterocycles. The number of nitrogens with one attached hydrogen (secondary N) is 1. The van der Waals surface area contributed by atoms with Gasteiger partial charge in [-0.1, -0.05) is 50.2 Å². The maximum absolute atomic E-state index is 12.9. The largest absolute Gasteiger partial charge is 0.458 e. The fourth-order valence-corrected chi connectivity index (χ4v) is 6.90. The van der Waals surface area contributed by atoms with Gasteiger partial charge in [0.15, 0.2) is 0 Å². The van der Waals surface area contributed by atoms with E-state index in [2.05, 4.69) is 52.3 Å². The number of carbonyl (C=O) groups excluding carboxylic acids is 1. The first-order chi connectivity index (χ1) is 17.0. The molecule has 1 aliphatic heterocycles. The summed E-state index contributed by atoms with van der Waals surface area (Å²) >= 11 is 0. The number of ether oxygens (including phenoxy) is 1. The lowest BCUT2D eigenvalue weighted by Gasteiger charge is -2.52. The number of imidazole rings is 1.